The lowest BCUT2D eigenvalue weighted by atomic mass is 9.47. The summed E-state index contributed by atoms with van der Waals surface area (Å²) in [5, 5.41) is 17.8. The fraction of sp³-hybridized carbons (Fsp3) is 0.480. The maximum atomic E-state index is 10.1. The van der Waals surface area contributed by atoms with Crippen LogP contribution in [-0.4, -0.2) is 37.2 Å². The van der Waals surface area contributed by atoms with E-state index in [9.17, 15) is 5.26 Å². The van der Waals surface area contributed by atoms with E-state index in [4.69, 9.17) is 4.98 Å². The van der Waals surface area contributed by atoms with Gasteiger partial charge in [0.1, 0.15) is 17.8 Å². The number of hydrogen-bond donors (Lipinski definition) is 1. The highest BCUT2D eigenvalue weighted by atomic mass is 15.5. The van der Waals surface area contributed by atoms with Crippen molar-refractivity contribution in [2.24, 2.45) is 17.3 Å². The Morgan fingerprint density at radius 3 is 2.76 bits per heavy atom. The molecule has 34 heavy (non-hydrogen) atoms. The van der Waals surface area contributed by atoms with Crippen molar-refractivity contribution in [1.29, 1.82) is 5.26 Å². The van der Waals surface area contributed by atoms with Gasteiger partial charge in [-0.3, -0.25) is 0 Å². The zero-order valence-electron chi connectivity index (χ0n) is 19.5. The van der Waals surface area contributed by atoms with Crippen molar-refractivity contribution < 1.29 is 0 Å². The molecule has 4 fully saturated rings. The van der Waals surface area contributed by atoms with Crippen LogP contribution >= 0.6 is 0 Å². The molecule has 0 spiro atoms. The third kappa shape index (κ3) is 2.59. The van der Waals surface area contributed by atoms with Gasteiger partial charge < -0.3 is 15.1 Å². The molecule has 4 bridgehead atoms. The lowest BCUT2D eigenvalue weighted by Gasteiger charge is -2.62. The Labute approximate surface area is 198 Å². The number of rotatable bonds is 3. The second kappa shape index (κ2) is 6.47. The molecular weight excluding hydrogens is 426 g/mol. The van der Waals surface area contributed by atoms with Gasteiger partial charge in [-0.2, -0.15) is 15.3 Å². The van der Waals surface area contributed by atoms with Crippen molar-refractivity contribution in [3.63, 3.8) is 0 Å². The van der Waals surface area contributed by atoms with E-state index in [1.165, 1.54) is 6.42 Å². The first-order valence-electron chi connectivity index (χ1n) is 12.0. The first-order chi connectivity index (χ1) is 16.4. The van der Waals surface area contributed by atoms with Crippen LogP contribution in [0.15, 0.2) is 37.2 Å². The number of aryl methyl sites for hydroxylation is 1. The van der Waals surface area contributed by atoms with E-state index in [0.29, 0.717) is 17.8 Å². The highest BCUT2D eigenvalue weighted by Gasteiger charge is 2.62. The molecule has 172 valence electrons. The minimum absolute atomic E-state index is 0.0996. The average Bonchev–Trinajstić information content (AvgIpc) is 3.35. The van der Waals surface area contributed by atoms with Crippen molar-refractivity contribution >= 4 is 28.8 Å². The Balaban J connectivity index is 1.29. The van der Waals surface area contributed by atoms with E-state index in [0.717, 1.165) is 66.3 Å². The van der Waals surface area contributed by atoms with Gasteiger partial charge >= 0.3 is 0 Å². The first kappa shape index (κ1) is 19.8. The Bertz CT molecular complexity index is 1390. The number of aromatic nitrogens is 5. The maximum Gasteiger partial charge on any atom is 0.229 e. The number of hydrogen-bond acceptors (Lipinski definition) is 8. The summed E-state index contributed by atoms with van der Waals surface area (Å²) in [6.45, 7) is 6.49. The van der Waals surface area contributed by atoms with Gasteiger partial charge in [-0.15, -0.1) is 0 Å². The molecule has 0 radical (unpaired) electrons. The van der Waals surface area contributed by atoms with Gasteiger partial charge in [0.05, 0.1) is 35.1 Å². The third-order valence-electron chi connectivity index (χ3n) is 8.58. The Hall–Kier alpha value is -3.67. The van der Waals surface area contributed by atoms with Crippen molar-refractivity contribution in [1.82, 2.24) is 24.6 Å². The molecule has 9 heteroatoms. The molecule has 0 saturated heterocycles. The predicted molar refractivity (Wildman–Crippen MR) is 129 cm³/mol. The SMILES string of the molecule is C=C1N(C)c2cnc(Nc3cn4ncnc4cc3C)nc2N1C12CC3CC(CC(C#N)(C3)C1)C2. The zero-order valence-corrected chi connectivity index (χ0v) is 19.5. The summed E-state index contributed by atoms with van der Waals surface area (Å²) in [6, 6.07) is 4.73. The van der Waals surface area contributed by atoms with Gasteiger partial charge in [0.25, 0.3) is 0 Å². The van der Waals surface area contributed by atoms with Gasteiger partial charge in [-0.05, 0) is 68.9 Å². The van der Waals surface area contributed by atoms with Crippen LogP contribution in [-0.2, 0) is 0 Å². The summed E-state index contributed by atoms with van der Waals surface area (Å²) in [5.74, 6) is 3.57. The summed E-state index contributed by atoms with van der Waals surface area (Å²) in [5.41, 5.74) is 3.38. The van der Waals surface area contributed by atoms with Gasteiger partial charge in [-0.1, -0.05) is 6.58 Å². The molecule has 2 atom stereocenters. The van der Waals surface area contributed by atoms with Gasteiger partial charge in [-0.25, -0.2) is 14.5 Å². The third-order valence-corrected chi connectivity index (χ3v) is 8.58. The summed E-state index contributed by atoms with van der Waals surface area (Å²) < 4.78 is 1.74. The minimum Gasteiger partial charge on any atom is -0.327 e. The van der Waals surface area contributed by atoms with E-state index < -0.39 is 0 Å². The molecule has 4 aliphatic carbocycles. The summed E-state index contributed by atoms with van der Waals surface area (Å²) >= 11 is 0. The summed E-state index contributed by atoms with van der Waals surface area (Å²) in [6.07, 6.45) is 11.8. The molecular formula is C25H27N9. The van der Waals surface area contributed by atoms with Gasteiger partial charge in [0.2, 0.25) is 5.95 Å². The normalized spacial score (nSPS) is 31.3. The van der Waals surface area contributed by atoms with Crippen LogP contribution in [0, 0.1) is 35.5 Å². The molecule has 4 saturated carbocycles. The highest BCUT2D eigenvalue weighted by Crippen LogP contribution is 2.65. The average molecular weight is 454 g/mol. The second-order valence-corrected chi connectivity index (χ2v) is 10.8. The molecule has 3 aromatic rings. The van der Waals surface area contributed by atoms with Crippen LogP contribution < -0.4 is 15.1 Å². The van der Waals surface area contributed by atoms with Crippen LogP contribution in [0.3, 0.4) is 0 Å². The number of fused-ring (bicyclic) bond motifs is 2. The number of nitrogens with zero attached hydrogens (tertiary/aromatic N) is 8. The highest BCUT2D eigenvalue weighted by molar-refractivity contribution is 5.81. The second-order valence-electron chi connectivity index (χ2n) is 10.8. The smallest absolute Gasteiger partial charge is 0.229 e. The van der Waals surface area contributed by atoms with Crippen molar-refractivity contribution in [3.05, 3.63) is 42.8 Å². The van der Waals surface area contributed by atoms with E-state index in [1.54, 1.807) is 10.8 Å². The number of pyridine rings is 1. The first-order valence-corrected chi connectivity index (χ1v) is 12.0. The van der Waals surface area contributed by atoms with E-state index in [-0.39, 0.29) is 11.0 Å². The fourth-order valence-electron chi connectivity index (χ4n) is 7.55. The maximum absolute atomic E-state index is 10.1. The van der Waals surface area contributed by atoms with Crippen LogP contribution in [0.5, 0.6) is 0 Å². The summed E-state index contributed by atoms with van der Waals surface area (Å²) in [7, 11) is 2.03. The number of nitrogens with one attached hydrogen (secondary N) is 1. The monoisotopic (exact) mass is 453 g/mol. The van der Waals surface area contributed by atoms with Crippen LogP contribution in [0.4, 0.5) is 23.1 Å². The number of nitriles is 1. The van der Waals surface area contributed by atoms with Crippen molar-refractivity contribution in [2.45, 2.75) is 51.0 Å². The molecule has 2 unspecified atom stereocenters. The van der Waals surface area contributed by atoms with Crippen molar-refractivity contribution in [2.75, 3.05) is 22.2 Å². The minimum atomic E-state index is -0.204. The Kier molecular flexibility index (Phi) is 3.76. The van der Waals surface area contributed by atoms with E-state index in [1.807, 2.05) is 32.4 Å². The zero-order chi connectivity index (χ0) is 23.2. The standard InChI is InChI=1S/C25H27N9/c1-15-4-21-28-14-29-33(21)11-19(15)30-23-27-10-20-22(31-23)34(16(2)32(20)3)25-8-17-5-18(9-25)7-24(6-17,12-25)13-26/h4,10-11,14,17-18H,2,5-9,12H2,1,3H3,(H,27,30,31). The topological polar surface area (TPSA) is 98.3 Å². The van der Waals surface area contributed by atoms with Crippen LogP contribution in [0.25, 0.3) is 5.65 Å². The molecule has 0 amide bonds. The van der Waals surface area contributed by atoms with Crippen molar-refractivity contribution in [3.8, 4) is 6.07 Å². The molecule has 0 aromatic carbocycles. The molecule has 5 aliphatic rings. The predicted octanol–water partition coefficient (Wildman–Crippen LogP) is 4.16. The molecule has 1 aliphatic heterocycles. The van der Waals surface area contributed by atoms with E-state index >= 15 is 0 Å². The number of anilines is 4. The fourth-order valence-corrected chi connectivity index (χ4v) is 7.55. The molecule has 1 N–H and O–H groups in total. The molecule has 9 nitrogen and oxygen atoms in total. The summed E-state index contributed by atoms with van der Waals surface area (Å²) in [4.78, 5) is 18.3. The molecule has 3 aromatic heterocycles. The van der Waals surface area contributed by atoms with Gasteiger partial charge in [0, 0.05) is 7.05 Å². The quantitative estimate of drug-likeness (QED) is 0.631. The largest absolute Gasteiger partial charge is 0.327 e. The Morgan fingerprint density at radius 1 is 1.21 bits per heavy atom. The van der Waals surface area contributed by atoms with Crippen LogP contribution in [0.1, 0.15) is 44.1 Å². The lowest BCUT2D eigenvalue weighted by Crippen LogP contribution is -2.63. The van der Waals surface area contributed by atoms with Crippen LogP contribution in [0.2, 0.25) is 0 Å². The Morgan fingerprint density at radius 2 is 2.00 bits per heavy atom. The molecule has 8 rings (SSSR count). The van der Waals surface area contributed by atoms with Gasteiger partial charge in [0.15, 0.2) is 11.5 Å². The van der Waals surface area contributed by atoms with E-state index in [2.05, 4.69) is 42.8 Å². The molecule has 4 heterocycles. The lowest BCUT2D eigenvalue weighted by molar-refractivity contribution is -0.0370.